The van der Waals surface area contributed by atoms with E-state index in [1.165, 1.54) is 13.3 Å². The quantitative estimate of drug-likeness (QED) is 0.657. The van der Waals surface area contributed by atoms with Crippen LogP contribution in [0.25, 0.3) is 0 Å². The Morgan fingerprint density at radius 3 is 2.86 bits per heavy atom. The Kier molecular flexibility index (Phi) is 3.55. The standard InChI is InChI=1S/C9H12N2O3/c1-14-9(13)6-2-3-8(11-4-6)7(10)5-12/h2-4,7,12H,5,10H2,1H3. The number of pyridine rings is 1. The lowest BCUT2D eigenvalue weighted by molar-refractivity contribution is 0.0600. The number of rotatable bonds is 3. The van der Waals surface area contributed by atoms with E-state index in [2.05, 4.69) is 9.72 Å². The number of hydrogen-bond donors (Lipinski definition) is 2. The van der Waals surface area contributed by atoms with Crippen LogP contribution in [0.1, 0.15) is 22.1 Å². The molecule has 3 N–H and O–H groups in total. The summed E-state index contributed by atoms with van der Waals surface area (Å²) < 4.78 is 4.50. The second-order valence-electron chi connectivity index (χ2n) is 2.75. The van der Waals surface area contributed by atoms with Crippen LogP contribution in [0.15, 0.2) is 18.3 Å². The average Bonchev–Trinajstić information content (AvgIpc) is 2.27. The van der Waals surface area contributed by atoms with Gasteiger partial charge in [0.1, 0.15) is 0 Å². The summed E-state index contributed by atoms with van der Waals surface area (Å²) in [5, 5.41) is 8.76. The lowest BCUT2D eigenvalue weighted by Gasteiger charge is -2.07. The van der Waals surface area contributed by atoms with Crippen LogP contribution in [0.3, 0.4) is 0 Å². The Morgan fingerprint density at radius 2 is 2.43 bits per heavy atom. The second-order valence-corrected chi connectivity index (χ2v) is 2.75. The van der Waals surface area contributed by atoms with E-state index in [4.69, 9.17) is 10.8 Å². The van der Waals surface area contributed by atoms with Crippen molar-refractivity contribution < 1.29 is 14.6 Å². The molecule has 1 unspecified atom stereocenters. The van der Waals surface area contributed by atoms with Gasteiger partial charge in [-0.3, -0.25) is 4.98 Å². The largest absolute Gasteiger partial charge is 0.465 e. The third-order valence-electron chi connectivity index (χ3n) is 1.78. The van der Waals surface area contributed by atoms with E-state index in [-0.39, 0.29) is 6.61 Å². The highest BCUT2D eigenvalue weighted by Gasteiger charge is 2.08. The summed E-state index contributed by atoms with van der Waals surface area (Å²) in [6.45, 7) is -0.176. The van der Waals surface area contributed by atoms with Gasteiger partial charge in [0.15, 0.2) is 0 Å². The Morgan fingerprint density at radius 1 is 1.71 bits per heavy atom. The summed E-state index contributed by atoms with van der Waals surface area (Å²) in [7, 11) is 1.30. The van der Waals surface area contributed by atoms with Gasteiger partial charge in [-0.15, -0.1) is 0 Å². The molecule has 0 aliphatic carbocycles. The van der Waals surface area contributed by atoms with Crippen molar-refractivity contribution in [2.45, 2.75) is 6.04 Å². The molecule has 0 spiro atoms. The summed E-state index contributed by atoms with van der Waals surface area (Å²) >= 11 is 0. The number of ether oxygens (including phenoxy) is 1. The zero-order valence-electron chi connectivity index (χ0n) is 7.80. The molecule has 0 saturated heterocycles. The predicted octanol–water partition coefficient (Wildman–Crippen LogP) is -0.140. The van der Waals surface area contributed by atoms with Gasteiger partial charge in [0, 0.05) is 6.20 Å². The zero-order chi connectivity index (χ0) is 10.6. The molecule has 0 fully saturated rings. The Balaban J connectivity index is 2.83. The highest BCUT2D eigenvalue weighted by Crippen LogP contribution is 2.07. The van der Waals surface area contributed by atoms with E-state index >= 15 is 0 Å². The lowest BCUT2D eigenvalue weighted by atomic mass is 10.2. The van der Waals surface area contributed by atoms with Crippen LogP contribution in [-0.4, -0.2) is 29.8 Å². The molecule has 1 aromatic rings. The Bertz CT molecular complexity index is 310. The highest BCUT2D eigenvalue weighted by molar-refractivity contribution is 5.88. The Labute approximate surface area is 81.5 Å². The number of carbonyl (C=O) groups excluding carboxylic acids is 1. The first-order chi connectivity index (χ1) is 6.69. The van der Waals surface area contributed by atoms with Crippen molar-refractivity contribution in [2.24, 2.45) is 5.73 Å². The summed E-state index contributed by atoms with van der Waals surface area (Å²) in [6.07, 6.45) is 1.37. The molecule has 0 aliphatic rings. The maximum Gasteiger partial charge on any atom is 0.339 e. The van der Waals surface area contributed by atoms with Gasteiger partial charge in [-0.25, -0.2) is 4.79 Å². The minimum Gasteiger partial charge on any atom is -0.465 e. The van der Waals surface area contributed by atoms with Gasteiger partial charge in [-0.1, -0.05) is 0 Å². The normalized spacial score (nSPS) is 12.2. The second kappa shape index (κ2) is 4.69. The third kappa shape index (κ3) is 2.27. The number of aromatic nitrogens is 1. The molecule has 0 aliphatic heterocycles. The van der Waals surface area contributed by atoms with Crippen molar-refractivity contribution in [3.05, 3.63) is 29.6 Å². The molecular weight excluding hydrogens is 184 g/mol. The van der Waals surface area contributed by atoms with E-state index in [9.17, 15) is 4.79 Å². The molecule has 14 heavy (non-hydrogen) atoms. The molecule has 5 heteroatoms. The van der Waals surface area contributed by atoms with E-state index in [0.717, 1.165) is 0 Å². The molecule has 1 atom stereocenters. The number of methoxy groups -OCH3 is 1. The minimum atomic E-state index is -0.512. The molecule has 5 nitrogen and oxygen atoms in total. The number of nitrogens with zero attached hydrogens (tertiary/aromatic N) is 1. The maximum absolute atomic E-state index is 11.0. The molecule has 1 rings (SSSR count). The average molecular weight is 196 g/mol. The lowest BCUT2D eigenvalue weighted by Crippen LogP contribution is -2.16. The van der Waals surface area contributed by atoms with Crippen molar-refractivity contribution >= 4 is 5.97 Å². The van der Waals surface area contributed by atoms with Gasteiger partial charge in [0.05, 0.1) is 31.0 Å². The summed E-state index contributed by atoms with van der Waals surface area (Å²) in [4.78, 5) is 15.0. The zero-order valence-corrected chi connectivity index (χ0v) is 7.80. The highest BCUT2D eigenvalue weighted by atomic mass is 16.5. The van der Waals surface area contributed by atoms with Gasteiger partial charge in [-0.2, -0.15) is 0 Å². The molecule has 0 saturated carbocycles. The number of aliphatic hydroxyl groups is 1. The molecule has 0 amide bonds. The molecule has 0 aromatic carbocycles. The SMILES string of the molecule is COC(=O)c1ccc(C(N)CO)nc1. The van der Waals surface area contributed by atoms with Gasteiger partial charge in [0.25, 0.3) is 0 Å². The predicted molar refractivity (Wildman–Crippen MR) is 49.6 cm³/mol. The van der Waals surface area contributed by atoms with Crippen LogP contribution in [0.5, 0.6) is 0 Å². The van der Waals surface area contributed by atoms with Crippen LogP contribution < -0.4 is 5.73 Å². The van der Waals surface area contributed by atoms with E-state index < -0.39 is 12.0 Å². The molecule has 1 aromatic heterocycles. The molecule has 0 radical (unpaired) electrons. The first-order valence-corrected chi connectivity index (χ1v) is 4.09. The fourth-order valence-electron chi connectivity index (χ4n) is 0.957. The maximum atomic E-state index is 11.0. The van der Waals surface area contributed by atoms with Gasteiger partial charge >= 0.3 is 5.97 Å². The van der Waals surface area contributed by atoms with Crippen LogP contribution >= 0.6 is 0 Å². The number of aliphatic hydroxyl groups excluding tert-OH is 1. The number of esters is 1. The third-order valence-corrected chi connectivity index (χ3v) is 1.78. The van der Waals surface area contributed by atoms with E-state index in [0.29, 0.717) is 11.3 Å². The topological polar surface area (TPSA) is 85.4 Å². The van der Waals surface area contributed by atoms with Crippen molar-refractivity contribution in [3.8, 4) is 0 Å². The first-order valence-electron chi connectivity index (χ1n) is 4.09. The molecule has 76 valence electrons. The van der Waals surface area contributed by atoms with Crippen molar-refractivity contribution in [3.63, 3.8) is 0 Å². The van der Waals surface area contributed by atoms with E-state index in [1.807, 2.05) is 0 Å². The summed E-state index contributed by atoms with van der Waals surface area (Å²) in [6, 6.07) is 2.64. The fraction of sp³-hybridized carbons (Fsp3) is 0.333. The van der Waals surface area contributed by atoms with Gasteiger partial charge < -0.3 is 15.6 Å². The smallest absolute Gasteiger partial charge is 0.339 e. The van der Waals surface area contributed by atoms with Gasteiger partial charge in [-0.05, 0) is 12.1 Å². The first kappa shape index (κ1) is 10.6. The van der Waals surface area contributed by atoms with Crippen molar-refractivity contribution in [1.82, 2.24) is 4.98 Å². The van der Waals surface area contributed by atoms with Crippen LogP contribution in [0, 0.1) is 0 Å². The number of carbonyl (C=O) groups is 1. The summed E-state index contributed by atoms with van der Waals surface area (Å²) in [5.74, 6) is -0.443. The van der Waals surface area contributed by atoms with E-state index in [1.54, 1.807) is 12.1 Å². The van der Waals surface area contributed by atoms with Crippen molar-refractivity contribution in [1.29, 1.82) is 0 Å². The Hall–Kier alpha value is -1.46. The van der Waals surface area contributed by atoms with Crippen LogP contribution in [0.4, 0.5) is 0 Å². The molecular formula is C9H12N2O3. The minimum absolute atomic E-state index is 0.176. The number of nitrogens with two attached hydrogens (primary N) is 1. The summed E-state index contributed by atoms with van der Waals surface area (Å²) in [5.41, 5.74) is 6.43. The van der Waals surface area contributed by atoms with Crippen LogP contribution in [-0.2, 0) is 4.74 Å². The van der Waals surface area contributed by atoms with Crippen molar-refractivity contribution in [2.75, 3.05) is 13.7 Å². The van der Waals surface area contributed by atoms with Gasteiger partial charge in [0.2, 0.25) is 0 Å². The monoisotopic (exact) mass is 196 g/mol. The van der Waals surface area contributed by atoms with Crippen LogP contribution in [0.2, 0.25) is 0 Å². The fourth-order valence-corrected chi connectivity index (χ4v) is 0.957. The molecule has 0 bridgehead atoms. The molecule has 1 heterocycles. The number of hydrogen-bond acceptors (Lipinski definition) is 5.